The molecule has 0 spiro atoms. The van der Waals surface area contributed by atoms with Crippen LogP contribution in [0.25, 0.3) is 10.8 Å². The first-order chi connectivity index (χ1) is 13.2. The number of aromatic hydroxyl groups is 1. The Morgan fingerprint density at radius 2 is 1.81 bits per heavy atom. The van der Waals surface area contributed by atoms with Crippen molar-refractivity contribution in [2.24, 2.45) is 5.10 Å². The van der Waals surface area contributed by atoms with E-state index < -0.39 is 5.91 Å². The van der Waals surface area contributed by atoms with Crippen molar-refractivity contribution in [1.82, 2.24) is 5.43 Å². The van der Waals surface area contributed by atoms with Gasteiger partial charge in [-0.1, -0.05) is 24.3 Å². The van der Waals surface area contributed by atoms with E-state index in [1.54, 1.807) is 18.3 Å². The highest BCUT2D eigenvalue weighted by Crippen LogP contribution is 2.25. The number of carbonyl (C=O) groups excluding carboxylic acids is 1. The summed E-state index contributed by atoms with van der Waals surface area (Å²) in [6.45, 7) is 0. The van der Waals surface area contributed by atoms with Crippen LogP contribution >= 0.6 is 11.8 Å². The molecule has 1 saturated heterocycles. The van der Waals surface area contributed by atoms with Crippen LogP contribution in [0.1, 0.15) is 15.9 Å². The lowest BCUT2D eigenvalue weighted by molar-refractivity contribution is 0.0952. The molecule has 1 heterocycles. The second-order valence-electron chi connectivity index (χ2n) is 6.26. The highest BCUT2D eigenvalue weighted by atomic mass is 32.2. The van der Waals surface area contributed by atoms with Gasteiger partial charge in [-0.15, -0.1) is 0 Å². The number of amides is 1. The number of nitrogens with one attached hydrogen (secondary N) is 1. The van der Waals surface area contributed by atoms with Gasteiger partial charge in [0.15, 0.2) is 0 Å². The van der Waals surface area contributed by atoms with Crippen LogP contribution in [0.5, 0.6) is 11.5 Å². The standard InChI is InChI=1S/C21H18N2O3S/c24-20-10-16-4-2-1-3-15(16)9-19(20)21(25)23-22-11-14-5-7-17(8-6-14)26-18-12-27-13-18/h1-11,18,24H,12-13H2,(H,23,25)/b22-11-. The third kappa shape index (κ3) is 4.06. The van der Waals surface area contributed by atoms with E-state index in [1.165, 1.54) is 0 Å². The van der Waals surface area contributed by atoms with Gasteiger partial charge < -0.3 is 9.84 Å². The molecule has 3 aromatic carbocycles. The number of thioether (sulfide) groups is 1. The molecule has 4 rings (SSSR count). The topological polar surface area (TPSA) is 70.9 Å². The average molecular weight is 378 g/mol. The third-order valence-electron chi connectivity index (χ3n) is 4.28. The van der Waals surface area contributed by atoms with Gasteiger partial charge in [0.1, 0.15) is 17.6 Å². The van der Waals surface area contributed by atoms with E-state index in [0.717, 1.165) is 33.6 Å². The van der Waals surface area contributed by atoms with E-state index in [4.69, 9.17) is 4.74 Å². The maximum atomic E-state index is 12.3. The second-order valence-corrected chi connectivity index (χ2v) is 7.34. The van der Waals surface area contributed by atoms with Gasteiger partial charge in [0.2, 0.25) is 0 Å². The molecule has 2 N–H and O–H groups in total. The number of hydrogen-bond donors (Lipinski definition) is 2. The van der Waals surface area contributed by atoms with E-state index in [9.17, 15) is 9.90 Å². The Labute approximate surface area is 161 Å². The summed E-state index contributed by atoms with van der Waals surface area (Å²) >= 11 is 1.88. The molecule has 1 amide bonds. The largest absolute Gasteiger partial charge is 0.507 e. The highest BCUT2D eigenvalue weighted by molar-refractivity contribution is 8.00. The molecular weight excluding hydrogens is 360 g/mol. The van der Waals surface area contributed by atoms with Gasteiger partial charge >= 0.3 is 0 Å². The minimum absolute atomic E-state index is 0.0722. The molecule has 27 heavy (non-hydrogen) atoms. The van der Waals surface area contributed by atoms with Crippen LogP contribution in [0.3, 0.4) is 0 Å². The van der Waals surface area contributed by atoms with E-state index in [-0.39, 0.29) is 11.3 Å². The molecule has 1 aliphatic rings. The molecular formula is C21H18N2O3S. The molecule has 0 unspecified atom stereocenters. The predicted octanol–water partition coefficient (Wildman–Crippen LogP) is 3.80. The number of hydrazone groups is 1. The quantitative estimate of drug-likeness (QED) is 0.523. The van der Waals surface area contributed by atoms with E-state index in [0.29, 0.717) is 6.10 Å². The lowest BCUT2D eigenvalue weighted by Gasteiger charge is -2.25. The summed E-state index contributed by atoms with van der Waals surface area (Å²) in [6, 6.07) is 18.3. The summed E-state index contributed by atoms with van der Waals surface area (Å²) in [5, 5.41) is 15.8. The van der Waals surface area contributed by atoms with E-state index >= 15 is 0 Å². The van der Waals surface area contributed by atoms with Crippen LogP contribution in [0.4, 0.5) is 0 Å². The summed E-state index contributed by atoms with van der Waals surface area (Å²) in [5.41, 5.74) is 3.48. The molecule has 136 valence electrons. The van der Waals surface area contributed by atoms with Crippen molar-refractivity contribution >= 4 is 34.7 Å². The van der Waals surface area contributed by atoms with Crippen molar-refractivity contribution in [3.8, 4) is 11.5 Å². The maximum absolute atomic E-state index is 12.3. The molecule has 0 saturated carbocycles. The number of hydrogen-bond acceptors (Lipinski definition) is 5. The number of fused-ring (bicyclic) bond motifs is 1. The van der Waals surface area contributed by atoms with Gasteiger partial charge in [0, 0.05) is 11.5 Å². The van der Waals surface area contributed by atoms with Crippen LogP contribution in [0, 0.1) is 0 Å². The SMILES string of the molecule is O=C(N/N=C\c1ccc(OC2CSC2)cc1)c1cc2ccccc2cc1O. The van der Waals surface area contributed by atoms with Crippen LogP contribution in [0.2, 0.25) is 0 Å². The maximum Gasteiger partial charge on any atom is 0.275 e. The second kappa shape index (κ2) is 7.72. The van der Waals surface area contributed by atoms with Crippen LogP contribution in [-0.4, -0.2) is 34.8 Å². The summed E-state index contributed by atoms with van der Waals surface area (Å²) < 4.78 is 5.79. The first-order valence-electron chi connectivity index (χ1n) is 8.59. The molecule has 0 radical (unpaired) electrons. The number of nitrogens with zero attached hydrogens (tertiary/aromatic N) is 1. The average Bonchev–Trinajstić information content (AvgIpc) is 2.65. The molecule has 1 aliphatic heterocycles. The molecule has 0 atom stereocenters. The smallest absolute Gasteiger partial charge is 0.275 e. The molecule has 3 aromatic rings. The van der Waals surface area contributed by atoms with Crippen molar-refractivity contribution in [3.05, 3.63) is 71.8 Å². The van der Waals surface area contributed by atoms with Crippen molar-refractivity contribution in [1.29, 1.82) is 0 Å². The first-order valence-corrected chi connectivity index (χ1v) is 9.74. The van der Waals surface area contributed by atoms with Crippen molar-refractivity contribution < 1.29 is 14.6 Å². The minimum Gasteiger partial charge on any atom is -0.507 e. The van der Waals surface area contributed by atoms with Crippen molar-refractivity contribution in [2.75, 3.05) is 11.5 Å². The Morgan fingerprint density at radius 1 is 1.11 bits per heavy atom. The number of phenolic OH excluding ortho intramolecular Hbond substituents is 1. The zero-order valence-electron chi connectivity index (χ0n) is 14.5. The zero-order chi connectivity index (χ0) is 18.6. The Balaban J connectivity index is 1.40. The Morgan fingerprint density at radius 3 is 2.48 bits per heavy atom. The fourth-order valence-electron chi connectivity index (χ4n) is 2.74. The summed E-state index contributed by atoms with van der Waals surface area (Å²) in [4.78, 5) is 12.3. The number of ether oxygens (including phenoxy) is 1. The zero-order valence-corrected chi connectivity index (χ0v) is 15.3. The van der Waals surface area contributed by atoms with Gasteiger partial charge in [0.05, 0.1) is 11.8 Å². The van der Waals surface area contributed by atoms with Crippen molar-refractivity contribution in [2.45, 2.75) is 6.10 Å². The van der Waals surface area contributed by atoms with Gasteiger partial charge in [0.25, 0.3) is 5.91 Å². The van der Waals surface area contributed by atoms with E-state index in [2.05, 4.69) is 10.5 Å². The number of phenols is 1. The molecule has 0 aliphatic carbocycles. The van der Waals surface area contributed by atoms with E-state index in [1.807, 2.05) is 60.3 Å². The van der Waals surface area contributed by atoms with Gasteiger partial charge in [-0.05, 0) is 52.7 Å². The van der Waals surface area contributed by atoms with Crippen LogP contribution < -0.4 is 10.2 Å². The normalized spacial score (nSPS) is 14.2. The Kier molecular flexibility index (Phi) is 4.98. The first kappa shape index (κ1) is 17.4. The van der Waals surface area contributed by atoms with Gasteiger partial charge in [-0.3, -0.25) is 4.79 Å². The molecule has 6 heteroatoms. The molecule has 1 fully saturated rings. The molecule has 0 bridgehead atoms. The van der Waals surface area contributed by atoms with Crippen LogP contribution in [0.15, 0.2) is 65.8 Å². The van der Waals surface area contributed by atoms with Gasteiger partial charge in [-0.2, -0.15) is 16.9 Å². The lowest BCUT2D eigenvalue weighted by atomic mass is 10.1. The van der Waals surface area contributed by atoms with Crippen LogP contribution in [-0.2, 0) is 0 Å². The fourth-order valence-corrected chi connectivity index (χ4v) is 3.31. The third-order valence-corrected chi connectivity index (χ3v) is 5.49. The predicted molar refractivity (Wildman–Crippen MR) is 109 cm³/mol. The summed E-state index contributed by atoms with van der Waals surface area (Å²) in [7, 11) is 0. The Bertz CT molecular complexity index is 998. The van der Waals surface area contributed by atoms with Gasteiger partial charge in [-0.25, -0.2) is 5.43 Å². The van der Waals surface area contributed by atoms with Crippen molar-refractivity contribution in [3.63, 3.8) is 0 Å². The number of benzene rings is 3. The lowest BCUT2D eigenvalue weighted by Crippen LogP contribution is -2.30. The minimum atomic E-state index is -0.461. The summed E-state index contributed by atoms with van der Waals surface area (Å²) in [6.07, 6.45) is 1.86. The molecule has 0 aromatic heterocycles. The summed E-state index contributed by atoms with van der Waals surface area (Å²) in [5.74, 6) is 2.38. The monoisotopic (exact) mass is 378 g/mol. The number of rotatable bonds is 5. The number of carbonyl (C=O) groups is 1. The molecule has 5 nitrogen and oxygen atoms in total. The highest BCUT2D eigenvalue weighted by Gasteiger charge is 2.19. The Hall–Kier alpha value is -2.99. The fraction of sp³-hybridized carbons (Fsp3) is 0.143.